The van der Waals surface area contributed by atoms with Crippen molar-refractivity contribution in [2.24, 2.45) is 0 Å². The number of allylic oxidation sites excluding steroid dienone is 2. The molecule has 2 aromatic rings. The van der Waals surface area contributed by atoms with Crippen molar-refractivity contribution in [1.29, 1.82) is 0 Å². The predicted octanol–water partition coefficient (Wildman–Crippen LogP) is 4.55. The quantitative estimate of drug-likeness (QED) is 0.650. The summed E-state index contributed by atoms with van der Waals surface area (Å²) in [6.07, 6.45) is 1.56. The Morgan fingerprint density at radius 1 is 1.10 bits per heavy atom. The van der Waals surface area contributed by atoms with Crippen molar-refractivity contribution in [3.8, 4) is 5.75 Å². The fourth-order valence-corrected chi connectivity index (χ4v) is 1.96. The lowest BCUT2D eigenvalue weighted by Crippen LogP contribution is -2.01. The van der Waals surface area contributed by atoms with Gasteiger partial charge in [0.1, 0.15) is 5.75 Å². The Kier molecular flexibility index (Phi) is 5.01. The van der Waals surface area contributed by atoms with Crippen LogP contribution in [0.4, 0.5) is 5.69 Å². The molecule has 0 aliphatic carbocycles. The Morgan fingerprint density at radius 3 is 2.29 bits per heavy atom. The van der Waals surface area contributed by atoms with E-state index in [-0.39, 0.29) is 5.78 Å². The summed E-state index contributed by atoms with van der Waals surface area (Å²) in [6, 6.07) is 14.3. The summed E-state index contributed by atoms with van der Waals surface area (Å²) >= 11 is 5.80. The SMILES string of the molecule is COc1ccc(NC(C)=CC(=O)c2ccc(Cl)cc2)cc1. The average molecular weight is 302 g/mol. The van der Waals surface area contributed by atoms with Crippen LogP contribution in [0.2, 0.25) is 5.02 Å². The molecule has 0 bridgehead atoms. The number of methoxy groups -OCH3 is 1. The van der Waals surface area contributed by atoms with Gasteiger partial charge in [-0.1, -0.05) is 11.6 Å². The first-order valence-corrected chi connectivity index (χ1v) is 6.85. The molecule has 0 radical (unpaired) electrons. The number of ether oxygens (including phenoxy) is 1. The number of halogens is 1. The molecule has 0 saturated carbocycles. The minimum Gasteiger partial charge on any atom is -0.497 e. The van der Waals surface area contributed by atoms with E-state index >= 15 is 0 Å². The van der Waals surface area contributed by atoms with Crippen LogP contribution in [0.3, 0.4) is 0 Å². The molecule has 1 N–H and O–H groups in total. The van der Waals surface area contributed by atoms with Crippen LogP contribution >= 0.6 is 11.6 Å². The average Bonchev–Trinajstić information content (AvgIpc) is 2.48. The third-order valence-corrected chi connectivity index (χ3v) is 3.16. The maximum atomic E-state index is 12.1. The number of hydrogen-bond acceptors (Lipinski definition) is 3. The zero-order valence-electron chi connectivity index (χ0n) is 11.9. The van der Waals surface area contributed by atoms with Gasteiger partial charge in [-0.2, -0.15) is 0 Å². The predicted molar refractivity (Wildman–Crippen MR) is 86.2 cm³/mol. The smallest absolute Gasteiger partial charge is 0.187 e. The Morgan fingerprint density at radius 2 is 1.71 bits per heavy atom. The number of carbonyl (C=O) groups is 1. The van der Waals surface area contributed by atoms with Crippen LogP contribution in [0.1, 0.15) is 17.3 Å². The summed E-state index contributed by atoms with van der Waals surface area (Å²) in [6.45, 7) is 1.85. The zero-order chi connectivity index (χ0) is 15.2. The molecule has 0 aromatic heterocycles. The minimum absolute atomic E-state index is 0.0646. The van der Waals surface area contributed by atoms with Gasteiger partial charge in [0.15, 0.2) is 5.78 Å². The van der Waals surface area contributed by atoms with Crippen molar-refractivity contribution in [2.45, 2.75) is 6.92 Å². The number of hydrogen-bond donors (Lipinski definition) is 1. The molecule has 21 heavy (non-hydrogen) atoms. The van der Waals surface area contributed by atoms with Gasteiger partial charge in [0.2, 0.25) is 0 Å². The first kappa shape index (κ1) is 15.1. The summed E-state index contributed by atoms with van der Waals surface area (Å²) in [5, 5.41) is 3.78. The Labute approximate surface area is 129 Å². The highest BCUT2D eigenvalue weighted by Gasteiger charge is 2.03. The van der Waals surface area contributed by atoms with Crippen LogP contribution in [-0.2, 0) is 0 Å². The van der Waals surface area contributed by atoms with Crippen LogP contribution in [0.15, 0.2) is 60.3 Å². The number of nitrogens with one attached hydrogen (secondary N) is 1. The Hall–Kier alpha value is -2.26. The molecule has 0 spiro atoms. The molecule has 4 heteroatoms. The van der Waals surface area contributed by atoms with Crippen LogP contribution in [-0.4, -0.2) is 12.9 Å². The molecule has 0 heterocycles. The number of benzene rings is 2. The maximum absolute atomic E-state index is 12.1. The van der Waals surface area contributed by atoms with Crippen molar-refractivity contribution in [3.05, 3.63) is 70.9 Å². The number of carbonyl (C=O) groups excluding carboxylic acids is 1. The van der Waals surface area contributed by atoms with E-state index in [1.54, 1.807) is 37.5 Å². The summed E-state index contributed by atoms with van der Waals surface area (Å²) in [5.74, 6) is 0.726. The van der Waals surface area contributed by atoms with Crippen LogP contribution in [0.25, 0.3) is 0 Å². The zero-order valence-corrected chi connectivity index (χ0v) is 12.6. The first-order valence-electron chi connectivity index (χ1n) is 6.48. The summed E-state index contributed by atoms with van der Waals surface area (Å²) < 4.78 is 5.10. The van der Waals surface area contributed by atoms with Gasteiger partial charge in [0.25, 0.3) is 0 Å². The third kappa shape index (κ3) is 4.36. The topological polar surface area (TPSA) is 38.3 Å². The van der Waals surface area contributed by atoms with Gasteiger partial charge >= 0.3 is 0 Å². The molecule has 0 saturated heterocycles. The number of ketones is 1. The normalized spacial score (nSPS) is 11.1. The highest BCUT2D eigenvalue weighted by Crippen LogP contribution is 2.17. The third-order valence-electron chi connectivity index (χ3n) is 2.91. The van der Waals surface area contributed by atoms with Gasteiger partial charge in [-0.3, -0.25) is 4.79 Å². The van der Waals surface area contributed by atoms with E-state index in [2.05, 4.69) is 5.32 Å². The van der Waals surface area contributed by atoms with Gasteiger partial charge in [-0.25, -0.2) is 0 Å². The Balaban J connectivity index is 2.05. The largest absolute Gasteiger partial charge is 0.497 e. The van der Waals surface area contributed by atoms with E-state index in [1.807, 2.05) is 31.2 Å². The summed E-state index contributed by atoms with van der Waals surface area (Å²) in [5.41, 5.74) is 2.27. The number of anilines is 1. The van der Waals surface area contributed by atoms with Crippen molar-refractivity contribution < 1.29 is 9.53 Å². The van der Waals surface area contributed by atoms with E-state index in [9.17, 15) is 4.79 Å². The standard InChI is InChI=1S/C17H16ClNO2/c1-12(19-15-7-9-16(21-2)10-8-15)11-17(20)13-3-5-14(18)6-4-13/h3-11,19H,1-2H3. The van der Waals surface area contributed by atoms with E-state index < -0.39 is 0 Å². The lowest BCUT2D eigenvalue weighted by molar-refractivity contribution is 0.104. The fourth-order valence-electron chi connectivity index (χ4n) is 1.83. The van der Waals surface area contributed by atoms with E-state index in [0.29, 0.717) is 10.6 Å². The maximum Gasteiger partial charge on any atom is 0.187 e. The van der Waals surface area contributed by atoms with Crippen molar-refractivity contribution in [1.82, 2.24) is 0 Å². The lowest BCUT2D eigenvalue weighted by atomic mass is 10.1. The van der Waals surface area contributed by atoms with E-state index in [1.165, 1.54) is 0 Å². The van der Waals surface area contributed by atoms with Gasteiger partial charge in [-0.05, 0) is 55.5 Å². The molecule has 0 unspecified atom stereocenters. The van der Waals surface area contributed by atoms with Crippen molar-refractivity contribution >= 4 is 23.1 Å². The molecule has 0 aliphatic rings. The van der Waals surface area contributed by atoms with Crippen molar-refractivity contribution in [2.75, 3.05) is 12.4 Å². The van der Waals surface area contributed by atoms with Gasteiger partial charge < -0.3 is 10.1 Å². The van der Waals surface area contributed by atoms with Gasteiger partial charge in [-0.15, -0.1) is 0 Å². The second kappa shape index (κ2) is 6.95. The first-order chi connectivity index (χ1) is 10.1. The Bertz CT molecular complexity index is 645. The second-order valence-corrected chi connectivity index (χ2v) is 4.99. The molecule has 0 fully saturated rings. The molecule has 2 rings (SSSR count). The minimum atomic E-state index is -0.0646. The molecule has 0 amide bonds. The second-order valence-electron chi connectivity index (χ2n) is 4.55. The lowest BCUT2D eigenvalue weighted by Gasteiger charge is -2.07. The monoisotopic (exact) mass is 301 g/mol. The van der Waals surface area contributed by atoms with Gasteiger partial charge in [0, 0.05) is 28.0 Å². The molecule has 0 aliphatic heterocycles. The highest BCUT2D eigenvalue weighted by atomic mass is 35.5. The molecule has 3 nitrogen and oxygen atoms in total. The number of rotatable bonds is 5. The molecule has 0 atom stereocenters. The molecule has 108 valence electrons. The highest BCUT2D eigenvalue weighted by molar-refractivity contribution is 6.30. The summed E-state index contributed by atoms with van der Waals surface area (Å²) in [7, 11) is 1.62. The van der Waals surface area contributed by atoms with E-state index in [4.69, 9.17) is 16.3 Å². The molecular weight excluding hydrogens is 286 g/mol. The fraction of sp³-hybridized carbons (Fsp3) is 0.118. The van der Waals surface area contributed by atoms with Gasteiger partial charge in [0.05, 0.1) is 7.11 Å². The van der Waals surface area contributed by atoms with Crippen LogP contribution in [0.5, 0.6) is 5.75 Å². The molecule has 2 aromatic carbocycles. The van der Waals surface area contributed by atoms with E-state index in [0.717, 1.165) is 17.1 Å². The molecular formula is C17H16ClNO2. The van der Waals surface area contributed by atoms with Crippen LogP contribution < -0.4 is 10.1 Å². The van der Waals surface area contributed by atoms with Crippen molar-refractivity contribution in [3.63, 3.8) is 0 Å². The summed E-state index contributed by atoms with van der Waals surface area (Å²) in [4.78, 5) is 12.1. The van der Waals surface area contributed by atoms with Crippen LogP contribution in [0, 0.1) is 0 Å².